The minimum atomic E-state index is -1.08. The third-order valence-corrected chi connectivity index (χ3v) is 0. The molecule has 0 radical (unpaired) electrons. The van der Waals surface area contributed by atoms with Gasteiger partial charge < -0.3 is 39.6 Å². The van der Waals surface area contributed by atoms with Crippen molar-refractivity contribution in [2.75, 3.05) is 0 Å². The van der Waals surface area contributed by atoms with E-state index in [9.17, 15) is 0 Å². The summed E-state index contributed by atoms with van der Waals surface area (Å²) in [6.45, 7) is 3.89. The number of carbonyl (C=O) groups is 4. The predicted molar refractivity (Wildman–Crippen MR) is 42.7 cm³/mol. The molecule has 9 heteroatoms. The van der Waals surface area contributed by atoms with Crippen molar-refractivity contribution in [3.63, 3.8) is 0 Å². The van der Waals surface area contributed by atoms with Crippen molar-refractivity contribution in [2.45, 2.75) is 27.7 Å². The van der Waals surface area contributed by atoms with Gasteiger partial charge in [-0.1, -0.05) is 0 Å². The molecule has 0 heterocycles. The summed E-state index contributed by atoms with van der Waals surface area (Å²) in [6.07, 6.45) is 0. The van der Waals surface area contributed by atoms with Gasteiger partial charge in [-0.3, -0.25) is 0 Å². The molecule has 0 bridgehead atoms. The fraction of sp³-hybridized carbons (Fsp3) is 0.500. The van der Waals surface area contributed by atoms with Crippen LogP contribution in [0, 0.1) is 0 Å². The molecule has 0 atom stereocenters. The third kappa shape index (κ3) is 1010. The van der Waals surface area contributed by atoms with Crippen molar-refractivity contribution in [3.8, 4) is 0 Å². The van der Waals surface area contributed by atoms with Gasteiger partial charge in [0.15, 0.2) is 0 Å². The molecule has 0 N–H and O–H groups in total. The normalized spacial score (nSPS) is 5.88. The van der Waals surface area contributed by atoms with Gasteiger partial charge in [0.25, 0.3) is 0 Å². The molecular formula is C8H12O8Ru. The van der Waals surface area contributed by atoms with Gasteiger partial charge in [0.05, 0.1) is 0 Å². The van der Waals surface area contributed by atoms with E-state index in [4.69, 9.17) is 39.6 Å². The number of carbonyl (C=O) groups excluding carboxylic acids is 4. The topological polar surface area (TPSA) is 161 Å². The Bertz CT molecular complexity index is 162. The van der Waals surface area contributed by atoms with Gasteiger partial charge >= 0.3 is 19.5 Å². The summed E-state index contributed by atoms with van der Waals surface area (Å²) in [5, 5.41) is 35.6. The summed E-state index contributed by atoms with van der Waals surface area (Å²) >= 11 is 0. The monoisotopic (exact) mass is 338 g/mol. The molecule has 0 aromatic carbocycles. The van der Waals surface area contributed by atoms with E-state index in [1.54, 1.807) is 0 Å². The Labute approximate surface area is 111 Å². The molecule has 100 valence electrons. The van der Waals surface area contributed by atoms with Gasteiger partial charge in [-0.15, -0.1) is 0 Å². The maximum atomic E-state index is 8.89. The Morgan fingerprint density at radius 2 is 0.529 bits per heavy atom. The van der Waals surface area contributed by atoms with Crippen LogP contribution in [0.25, 0.3) is 0 Å². The second kappa shape index (κ2) is 24.0. The fourth-order valence-corrected chi connectivity index (χ4v) is 0. The first-order valence-electron chi connectivity index (χ1n) is 3.63. The first kappa shape index (κ1) is 29.6. The third-order valence-electron chi connectivity index (χ3n) is 0. The van der Waals surface area contributed by atoms with Crippen molar-refractivity contribution >= 4 is 23.9 Å². The summed E-state index contributed by atoms with van der Waals surface area (Å²) in [4.78, 5) is 35.6. The van der Waals surface area contributed by atoms with E-state index in [1.807, 2.05) is 0 Å². The van der Waals surface area contributed by atoms with Crippen LogP contribution in [0.4, 0.5) is 0 Å². The van der Waals surface area contributed by atoms with E-state index in [0.29, 0.717) is 0 Å². The zero-order valence-electron chi connectivity index (χ0n) is 9.62. The van der Waals surface area contributed by atoms with Crippen molar-refractivity contribution in [3.05, 3.63) is 0 Å². The van der Waals surface area contributed by atoms with Crippen LogP contribution < -0.4 is 20.4 Å². The van der Waals surface area contributed by atoms with Crippen LogP contribution in [-0.4, -0.2) is 23.9 Å². The SMILES string of the molecule is CC(=O)[O-].CC(=O)[O-].CC(=O)[O-].CC(=O)[O-].[Ru+4]. The number of carboxylic acid groups (broad SMARTS) is 4. The van der Waals surface area contributed by atoms with Crippen LogP contribution in [0.5, 0.6) is 0 Å². The molecule has 0 aliphatic rings. The first-order chi connectivity index (χ1) is 6.93. The second-order valence-corrected chi connectivity index (χ2v) is 1.97. The van der Waals surface area contributed by atoms with Crippen molar-refractivity contribution in [2.24, 2.45) is 0 Å². The molecule has 0 rings (SSSR count). The van der Waals surface area contributed by atoms with E-state index in [2.05, 4.69) is 0 Å². The van der Waals surface area contributed by atoms with Gasteiger partial charge in [-0.2, -0.15) is 0 Å². The van der Waals surface area contributed by atoms with E-state index >= 15 is 0 Å². The summed E-state index contributed by atoms with van der Waals surface area (Å²) in [5.41, 5.74) is 0. The zero-order chi connectivity index (χ0) is 14.3. The Morgan fingerprint density at radius 3 is 0.529 bits per heavy atom. The van der Waals surface area contributed by atoms with Gasteiger partial charge in [0, 0.05) is 23.9 Å². The smallest absolute Gasteiger partial charge is 0.550 e. The number of rotatable bonds is 0. The first-order valence-corrected chi connectivity index (χ1v) is 3.63. The quantitative estimate of drug-likeness (QED) is 0.397. The summed E-state index contributed by atoms with van der Waals surface area (Å²) in [7, 11) is 0. The van der Waals surface area contributed by atoms with Crippen LogP contribution >= 0.6 is 0 Å². The minimum absolute atomic E-state index is 0. The molecule has 0 aliphatic heterocycles. The second-order valence-electron chi connectivity index (χ2n) is 1.97. The molecule has 0 unspecified atom stereocenters. The van der Waals surface area contributed by atoms with Crippen molar-refractivity contribution in [1.29, 1.82) is 0 Å². The van der Waals surface area contributed by atoms with E-state index in [1.165, 1.54) is 0 Å². The number of aliphatic carboxylic acids is 4. The van der Waals surface area contributed by atoms with Crippen LogP contribution in [0.1, 0.15) is 27.7 Å². The summed E-state index contributed by atoms with van der Waals surface area (Å²) in [5.74, 6) is -4.33. The van der Waals surface area contributed by atoms with Gasteiger partial charge in [-0.05, 0) is 27.7 Å². The van der Waals surface area contributed by atoms with Crippen molar-refractivity contribution in [1.82, 2.24) is 0 Å². The molecule has 0 saturated carbocycles. The van der Waals surface area contributed by atoms with E-state index in [0.717, 1.165) is 27.7 Å². The minimum Gasteiger partial charge on any atom is -0.550 e. The molecule has 8 nitrogen and oxygen atoms in total. The molecule has 0 saturated heterocycles. The maximum Gasteiger partial charge on any atom is 4.00 e. The van der Waals surface area contributed by atoms with Crippen LogP contribution in [0.3, 0.4) is 0 Å². The molecule has 17 heavy (non-hydrogen) atoms. The van der Waals surface area contributed by atoms with E-state index in [-0.39, 0.29) is 19.5 Å². The average Bonchev–Trinajstić information content (AvgIpc) is 1.76. The standard InChI is InChI=1S/4C2H4O2.Ru/c4*1-2(3)4;/h4*1H3,(H,3,4);/q;;;;+4/p-4. The van der Waals surface area contributed by atoms with Crippen molar-refractivity contribution < 1.29 is 59.1 Å². The Hall–Kier alpha value is -1.50. The largest absolute Gasteiger partial charge is 4.00 e. The maximum absolute atomic E-state index is 8.89. The van der Waals surface area contributed by atoms with E-state index < -0.39 is 23.9 Å². The Morgan fingerprint density at radius 1 is 0.529 bits per heavy atom. The number of hydrogen-bond donors (Lipinski definition) is 0. The molecular weight excluding hydrogens is 325 g/mol. The molecule has 0 aromatic heterocycles. The zero-order valence-corrected chi connectivity index (χ0v) is 11.4. The summed E-state index contributed by atoms with van der Waals surface area (Å²) in [6, 6.07) is 0. The predicted octanol–water partition coefficient (Wildman–Crippen LogP) is -4.98. The van der Waals surface area contributed by atoms with Gasteiger partial charge in [-0.25, -0.2) is 0 Å². The number of hydrogen-bond acceptors (Lipinski definition) is 8. The molecule has 0 spiro atoms. The molecule has 0 aromatic rings. The van der Waals surface area contributed by atoms with Gasteiger partial charge in [0.2, 0.25) is 0 Å². The Balaban J connectivity index is -0.0000000369. The molecule has 0 aliphatic carbocycles. The fourth-order valence-electron chi connectivity index (χ4n) is 0. The molecule has 0 fully saturated rings. The van der Waals surface area contributed by atoms with Gasteiger partial charge in [0.1, 0.15) is 0 Å². The average molecular weight is 337 g/mol. The molecule has 0 amide bonds. The number of carboxylic acids is 4. The summed E-state index contributed by atoms with van der Waals surface area (Å²) < 4.78 is 0. The van der Waals surface area contributed by atoms with Crippen LogP contribution in [-0.2, 0) is 38.7 Å². The van der Waals surface area contributed by atoms with Crippen LogP contribution in [0.2, 0.25) is 0 Å². The van der Waals surface area contributed by atoms with Crippen LogP contribution in [0.15, 0.2) is 0 Å². The Kier molecular flexibility index (Phi) is 41.7.